The molecule has 1 aliphatic heterocycles. The summed E-state index contributed by atoms with van der Waals surface area (Å²) in [5.74, 6) is 0.638. The molecule has 1 aromatic rings. The Balaban J connectivity index is 2.07. The largest absolute Gasteiger partial charge is 0.338 e. The van der Waals surface area contributed by atoms with Crippen LogP contribution in [0.15, 0.2) is 30.3 Å². The predicted octanol–water partition coefficient (Wildman–Crippen LogP) is 2.20. The first-order chi connectivity index (χ1) is 8.61. The first-order valence-electron chi connectivity index (χ1n) is 6.66. The van der Waals surface area contributed by atoms with Crippen LogP contribution in [-0.2, 0) is 4.79 Å². The van der Waals surface area contributed by atoms with E-state index in [1.807, 2.05) is 30.1 Å². The highest BCUT2D eigenvalue weighted by atomic mass is 16.2. The molecule has 3 nitrogen and oxygen atoms in total. The number of nitrogens with one attached hydrogen (secondary N) is 1. The van der Waals surface area contributed by atoms with Crippen molar-refractivity contribution in [2.75, 3.05) is 13.6 Å². The van der Waals surface area contributed by atoms with Gasteiger partial charge in [-0.05, 0) is 31.4 Å². The Morgan fingerprint density at radius 2 is 2.06 bits per heavy atom. The third-order valence-electron chi connectivity index (χ3n) is 4.01. The van der Waals surface area contributed by atoms with E-state index in [1.54, 1.807) is 0 Å². The molecule has 0 aliphatic carbocycles. The molecule has 0 spiro atoms. The molecule has 0 bridgehead atoms. The molecule has 1 N–H and O–H groups in total. The smallest absolute Gasteiger partial charge is 0.240 e. The second-order valence-electron chi connectivity index (χ2n) is 5.23. The fraction of sp³-hybridized carbons (Fsp3) is 0.533. The van der Waals surface area contributed by atoms with Crippen LogP contribution in [0, 0.1) is 5.92 Å². The second-order valence-corrected chi connectivity index (χ2v) is 5.23. The maximum Gasteiger partial charge on any atom is 0.240 e. The van der Waals surface area contributed by atoms with Crippen molar-refractivity contribution in [1.29, 1.82) is 0 Å². The van der Waals surface area contributed by atoms with Crippen LogP contribution in [0.4, 0.5) is 0 Å². The highest BCUT2D eigenvalue weighted by molar-refractivity contribution is 5.82. The molecule has 1 aliphatic rings. The zero-order chi connectivity index (χ0) is 13.1. The lowest BCUT2D eigenvalue weighted by Gasteiger charge is -2.29. The first kappa shape index (κ1) is 13.1. The molecule has 3 atom stereocenters. The number of carbonyl (C=O) groups is 1. The summed E-state index contributed by atoms with van der Waals surface area (Å²) in [4.78, 5) is 14.3. The second kappa shape index (κ2) is 5.53. The monoisotopic (exact) mass is 246 g/mol. The number of carbonyl (C=O) groups excluding carboxylic acids is 1. The average molecular weight is 246 g/mol. The van der Waals surface area contributed by atoms with E-state index in [0.717, 1.165) is 13.0 Å². The molecule has 3 unspecified atom stereocenters. The lowest BCUT2D eigenvalue weighted by Crippen LogP contribution is -2.45. The number of likely N-dealkylation sites (N-methyl/N-ethyl adjacent to an activating group) is 1. The van der Waals surface area contributed by atoms with E-state index >= 15 is 0 Å². The molecule has 1 fully saturated rings. The molecule has 98 valence electrons. The fourth-order valence-corrected chi connectivity index (χ4v) is 2.53. The Morgan fingerprint density at radius 3 is 2.61 bits per heavy atom. The van der Waals surface area contributed by atoms with Crippen molar-refractivity contribution in [3.05, 3.63) is 35.9 Å². The Bertz CT molecular complexity index is 404. The normalized spacial score (nSPS) is 24.8. The average Bonchev–Trinajstić information content (AvgIpc) is 2.83. The van der Waals surface area contributed by atoms with Crippen LogP contribution >= 0.6 is 0 Å². The molecule has 1 amide bonds. The molecule has 2 rings (SSSR count). The van der Waals surface area contributed by atoms with Crippen LogP contribution in [0.2, 0.25) is 0 Å². The van der Waals surface area contributed by atoms with Crippen molar-refractivity contribution in [2.24, 2.45) is 5.92 Å². The summed E-state index contributed by atoms with van der Waals surface area (Å²) in [7, 11) is 1.90. The minimum Gasteiger partial charge on any atom is -0.338 e. The van der Waals surface area contributed by atoms with E-state index < -0.39 is 0 Å². The SMILES string of the molecule is CC1CCNC1C(=O)N(C)C(C)c1ccccc1. The molecule has 0 aromatic heterocycles. The minimum absolute atomic E-state index is 0.0128. The zero-order valence-corrected chi connectivity index (χ0v) is 11.4. The summed E-state index contributed by atoms with van der Waals surface area (Å²) in [6.07, 6.45) is 1.09. The maximum absolute atomic E-state index is 12.4. The number of nitrogens with zero attached hydrogens (tertiary/aromatic N) is 1. The number of amides is 1. The summed E-state index contributed by atoms with van der Waals surface area (Å²) < 4.78 is 0. The molecule has 18 heavy (non-hydrogen) atoms. The lowest BCUT2D eigenvalue weighted by molar-refractivity contribution is -0.134. The van der Waals surface area contributed by atoms with Gasteiger partial charge in [-0.2, -0.15) is 0 Å². The van der Waals surface area contributed by atoms with Crippen LogP contribution in [-0.4, -0.2) is 30.4 Å². The van der Waals surface area contributed by atoms with Gasteiger partial charge in [0.05, 0.1) is 12.1 Å². The molecule has 0 saturated carbocycles. The van der Waals surface area contributed by atoms with Gasteiger partial charge < -0.3 is 10.2 Å². The first-order valence-corrected chi connectivity index (χ1v) is 6.66. The van der Waals surface area contributed by atoms with Crippen molar-refractivity contribution in [2.45, 2.75) is 32.4 Å². The quantitative estimate of drug-likeness (QED) is 0.887. The van der Waals surface area contributed by atoms with Crippen molar-refractivity contribution in [3.8, 4) is 0 Å². The van der Waals surface area contributed by atoms with Crippen LogP contribution in [0.3, 0.4) is 0 Å². The van der Waals surface area contributed by atoms with Gasteiger partial charge in [0, 0.05) is 7.05 Å². The molecule has 0 radical (unpaired) electrons. The van der Waals surface area contributed by atoms with E-state index in [2.05, 4.69) is 31.3 Å². The van der Waals surface area contributed by atoms with E-state index in [-0.39, 0.29) is 18.0 Å². The Hall–Kier alpha value is -1.35. The highest BCUT2D eigenvalue weighted by Gasteiger charge is 2.32. The molecular formula is C15H22N2O. The third kappa shape index (κ3) is 2.56. The highest BCUT2D eigenvalue weighted by Crippen LogP contribution is 2.22. The molecular weight excluding hydrogens is 224 g/mol. The Morgan fingerprint density at radius 1 is 1.39 bits per heavy atom. The zero-order valence-electron chi connectivity index (χ0n) is 11.4. The fourth-order valence-electron chi connectivity index (χ4n) is 2.53. The standard InChI is InChI=1S/C15H22N2O/c1-11-9-10-16-14(11)15(18)17(3)12(2)13-7-5-4-6-8-13/h4-8,11-12,14,16H,9-10H2,1-3H3. The summed E-state index contributed by atoms with van der Waals surface area (Å²) in [6.45, 7) is 5.17. The summed E-state index contributed by atoms with van der Waals surface area (Å²) in [5.41, 5.74) is 1.18. The molecule has 1 aromatic carbocycles. The van der Waals surface area contributed by atoms with E-state index in [0.29, 0.717) is 5.92 Å². The van der Waals surface area contributed by atoms with Gasteiger partial charge in [-0.3, -0.25) is 4.79 Å². The van der Waals surface area contributed by atoms with Crippen molar-refractivity contribution in [3.63, 3.8) is 0 Å². The van der Waals surface area contributed by atoms with Crippen LogP contribution in [0.1, 0.15) is 31.9 Å². The van der Waals surface area contributed by atoms with Gasteiger partial charge in [0.15, 0.2) is 0 Å². The van der Waals surface area contributed by atoms with Crippen molar-refractivity contribution >= 4 is 5.91 Å². The van der Waals surface area contributed by atoms with Gasteiger partial charge in [-0.1, -0.05) is 37.3 Å². The van der Waals surface area contributed by atoms with Crippen molar-refractivity contribution < 1.29 is 4.79 Å². The summed E-state index contributed by atoms with van der Waals surface area (Å²) in [5, 5.41) is 3.30. The van der Waals surface area contributed by atoms with Crippen LogP contribution in [0.5, 0.6) is 0 Å². The van der Waals surface area contributed by atoms with Crippen LogP contribution in [0.25, 0.3) is 0 Å². The Kier molecular flexibility index (Phi) is 4.02. The third-order valence-corrected chi connectivity index (χ3v) is 4.01. The van der Waals surface area contributed by atoms with Crippen LogP contribution < -0.4 is 5.32 Å². The van der Waals surface area contributed by atoms with E-state index in [4.69, 9.17) is 0 Å². The van der Waals surface area contributed by atoms with Gasteiger partial charge >= 0.3 is 0 Å². The van der Waals surface area contributed by atoms with E-state index in [1.165, 1.54) is 5.56 Å². The van der Waals surface area contributed by atoms with Gasteiger partial charge in [0.2, 0.25) is 5.91 Å². The predicted molar refractivity (Wildman–Crippen MR) is 73.2 cm³/mol. The van der Waals surface area contributed by atoms with E-state index in [9.17, 15) is 4.79 Å². The van der Waals surface area contributed by atoms with Gasteiger partial charge in [0.25, 0.3) is 0 Å². The Labute approximate surface area is 109 Å². The minimum atomic E-state index is -0.0128. The van der Waals surface area contributed by atoms with Gasteiger partial charge in [-0.15, -0.1) is 0 Å². The number of rotatable bonds is 3. The van der Waals surface area contributed by atoms with Gasteiger partial charge in [0.1, 0.15) is 0 Å². The lowest BCUT2D eigenvalue weighted by atomic mass is 10.0. The molecule has 1 saturated heterocycles. The maximum atomic E-state index is 12.4. The van der Waals surface area contributed by atoms with Gasteiger partial charge in [-0.25, -0.2) is 0 Å². The van der Waals surface area contributed by atoms with Crippen molar-refractivity contribution in [1.82, 2.24) is 10.2 Å². The topological polar surface area (TPSA) is 32.3 Å². The number of benzene rings is 1. The molecule has 1 heterocycles. The number of hydrogen-bond donors (Lipinski definition) is 1. The summed E-state index contributed by atoms with van der Waals surface area (Å²) in [6, 6.07) is 10.3. The molecule has 3 heteroatoms. The number of hydrogen-bond acceptors (Lipinski definition) is 2. The summed E-state index contributed by atoms with van der Waals surface area (Å²) >= 11 is 0.